The fraction of sp³-hybridized carbons (Fsp3) is 0.655. The van der Waals surface area contributed by atoms with E-state index in [0.29, 0.717) is 38.6 Å². The van der Waals surface area contributed by atoms with Crippen molar-refractivity contribution in [2.75, 3.05) is 18.1 Å². The molecule has 0 aromatic heterocycles. The number of hydrogen-bond donors (Lipinski definition) is 2. The second-order valence-electron chi connectivity index (χ2n) is 10.8. The number of nitrogens with one attached hydrogen (secondary N) is 2. The molecule has 2 N–H and O–H groups in total. The molecule has 0 aliphatic carbocycles. The summed E-state index contributed by atoms with van der Waals surface area (Å²) in [5.74, 6) is 1.37. The summed E-state index contributed by atoms with van der Waals surface area (Å²) in [6.45, 7) is 7.91. The number of benzene rings is 1. The third kappa shape index (κ3) is 8.01. The molecule has 0 unspecified atom stereocenters. The van der Waals surface area contributed by atoms with E-state index < -0.39 is 22.2 Å². The number of thioether (sulfide) groups is 2. The van der Waals surface area contributed by atoms with Crippen molar-refractivity contribution in [2.45, 2.75) is 94.8 Å². The average Bonchev–Trinajstić information content (AvgIpc) is 3.38. The SMILES string of the molecule is CCC[C@H](NC(=O)[C@@H]1CCCN1C(=O)[C@H](CC(C)C)NC(C)=O)C(=O)C1(Cc2ccccc2)SCCCS1. The summed E-state index contributed by atoms with van der Waals surface area (Å²) in [7, 11) is 0. The van der Waals surface area contributed by atoms with Gasteiger partial charge < -0.3 is 15.5 Å². The van der Waals surface area contributed by atoms with Gasteiger partial charge in [-0.25, -0.2) is 0 Å². The van der Waals surface area contributed by atoms with E-state index in [2.05, 4.69) is 22.8 Å². The standard InChI is InChI=1S/C29H43N3O4S2/c1-5-11-23(26(34)29(37-16-10-17-38-29)19-22-12-7-6-8-13-22)31-27(35)25-14-9-15-32(25)28(36)24(18-20(2)3)30-21(4)33/h6-8,12-13,20,23-25H,5,9-11,14-19H2,1-4H3,(H,30,33)(H,31,35)/t23-,24-,25-/m0/s1. The van der Waals surface area contributed by atoms with Crippen molar-refractivity contribution in [1.82, 2.24) is 15.5 Å². The second kappa shape index (κ2) is 14.4. The maximum atomic E-state index is 14.1. The molecule has 0 bridgehead atoms. The first-order valence-electron chi connectivity index (χ1n) is 13.9. The van der Waals surface area contributed by atoms with Gasteiger partial charge >= 0.3 is 0 Å². The Hall–Kier alpha value is -2.00. The lowest BCUT2D eigenvalue weighted by atomic mass is 9.98. The van der Waals surface area contributed by atoms with Crippen LogP contribution in [0.15, 0.2) is 30.3 Å². The first kappa shape index (κ1) is 30.5. The van der Waals surface area contributed by atoms with Gasteiger partial charge in [-0.05, 0) is 55.1 Å². The number of carbonyl (C=O) groups excluding carboxylic acids is 4. The van der Waals surface area contributed by atoms with Crippen LogP contribution in [0.1, 0.15) is 71.8 Å². The third-order valence-electron chi connectivity index (χ3n) is 7.05. The first-order chi connectivity index (χ1) is 18.2. The van der Waals surface area contributed by atoms with Crippen molar-refractivity contribution < 1.29 is 19.2 Å². The molecule has 0 saturated carbocycles. The normalized spacial score (nSPS) is 20.6. The molecule has 3 rings (SSSR count). The van der Waals surface area contributed by atoms with Crippen molar-refractivity contribution in [3.63, 3.8) is 0 Å². The van der Waals surface area contributed by atoms with Gasteiger partial charge in [0.25, 0.3) is 0 Å². The average molecular weight is 562 g/mol. The second-order valence-corrected chi connectivity index (χ2v) is 13.8. The molecule has 210 valence electrons. The van der Waals surface area contributed by atoms with Crippen LogP contribution in [-0.2, 0) is 25.6 Å². The van der Waals surface area contributed by atoms with Gasteiger partial charge in [-0.2, -0.15) is 0 Å². The van der Waals surface area contributed by atoms with E-state index in [1.165, 1.54) is 6.92 Å². The Kier molecular flexibility index (Phi) is 11.6. The van der Waals surface area contributed by atoms with Gasteiger partial charge in [0.2, 0.25) is 17.7 Å². The molecule has 9 heteroatoms. The van der Waals surface area contributed by atoms with Crippen LogP contribution in [0.2, 0.25) is 0 Å². The molecular formula is C29H43N3O4S2. The number of hydrogen-bond acceptors (Lipinski definition) is 6. The maximum absolute atomic E-state index is 14.1. The molecule has 3 atom stereocenters. The Balaban J connectivity index is 1.78. The zero-order valence-electron chi connectivity index (χ0n) is 23.2. The lowest BCUT2D eigenvalue weighted by molar-refractivity contribution is -0.142. The summed E-state index contributed by atoms with van der Waals surface area (Å²) >= 11 is 3.41. The van der Waals surface area contributed by atoms with Crippen LogP contribution < -0.4 is 10.6 Å². The van der Waals surface area contributed by atoms with Crippen molar-refractivity contribution in [2.24, 2.45) is 5.92 Å². The number of Topliss-reactive ketones (excluding diaryl/α,β-unsaturated/α-hetero) is 1. The third-order valence-corrected chi connectivity index (χ3v) is 10.4. The van der Waals surface area contributed by atoms with Crippen molar-refractivity contribution in [3.8, 4) is 0 Å². The highest BCUT2D eigenvalue weighted by atomic mass is 32.2. The van der Waals surface area contributed by atoms with Crippen LogP contribution in [-0.4, -0.2) is 68.7 Å². The number of amides is 3. The molecule has 0 radical (unpaired) electrons. The smallest absolute Gasteiger partial charge is 0.245 e. The Morgan fingerprint density at radius 3 is 2.32 bits per heavy atom. The molecule has 38 heavy (non-hydrogen) atoms. The van der Waals surface area contributed by atoms with Crippen molar-refractivity contribution in [1.29, 1.82) is 0 Å². The molecular weight excluding hydrogens is 518 g/mol. The topological polar surface area (TPSA) is 95.6 Å². The van der Waals surface area contributed by atoms with Gasteiger partial charge in [0.05, 0.1) is 6.04 Å². The molecule has 7 nitrogen and oxygen atoms in total. The molecule has 1 aromatic rings. The van der Waals surface area contributed by atoms with E-state index >= 15 is 0 Å². The highest BCUT2D eigenvalue weighted by molar-refractivity contribution is 8.19. The van der Waals surface area contributed by atoms with Gasteiger partial charge in [-0.15, -0.1) is 23.5 Å². The zero-order chi connectivity index (χ0) is 27.7. The Morgan fingerprint density at radius 2 is 1.71 bits per heavy atom. The fourth-order valence-electron chi connectivity index (χ4n) is 5.30. The Morgan fingerprint density at radius 1 is 1.03 bits per heavy atom. The van der Waals surface area contributed by atoms with Crippen molar-refractivity contribution in [3.05, 3.63) is 35.9 Å². The summed E-state index contributed by atoms with van der Waals surface area (Å²) in [4.78, 5) is 54.6. The van der Waals surface area contributed by atoms with Crippen LogP contribution in [0.5, 0.6) is 0 Å². The predicted molar refractivity (Wildman–Crippen MR) is 156 cm³/mol. The number of carbonyl (C=O) groups is 4. The summed E-state index contributed by atoms with van der Waals surface area (Å²) in [5, 5.41) is 5.85. The number of ketones is 1. The van der Waals surface area contributed by atoms with Gasteiger partial charge in [-0.1, -0.05) is 57.5 Å². The first-order valence-corrected chi connectivity index (χ1v) is 15.9. The quantitative estimate of drug-likeness (QED) is 0.397. The Labute approximate surface area is 236 Å². The van der Waals surface area contributed by atoms with Gasteiger partial charge in [0, 0.05) is 19.9 Å². The van der Waals surface area contributed by atoms with Crippen LogP contribution in [0.3, 0.4) is 0 Å². The summed E-state index contributed by atoms with van der Waals surface area (Å²) < 4.78 is -0.633. The molecule has 2 aliphatic rings. The number of likely N-dealkylation sites (tertiary alicyclic amines) is 1. The van der Waals surface area contributed by atoms with E-state index in [9.17, 15) is 19.2 Å². The zero-order valence-corrected chi connectivity index (χ0v) is 24.8. The molecule has 0 spiro atoms. The fourth-order valence-corrected chi connectivity index (χ4v) is 8.66. The Bertz CT molecular complexity index is 966. The van der Waals surface area contributed by atoms with Gasteiger partial charge in [0.15, 0.2) is 5.78 Å². The molecule has 2 heterocycles. The molecule has 3 amide bonds. The van der Waals surface area contributed by atoms with E-state index in [0.717, 1.165) is 29.9 Å². The predicted octanol–water partition coefficient (Wildman–Crippen LogP) is 4.19. The highest BCUT2D eigenvalue weighted by Crippen LogP contribution is 2.46. The monoisotopic (exact) mass is 561 g/mol. The lowest BCUT2D eigenvalue weighted by Crippen LogP contribution is -2.57. The van der Waals surface area contributed by atoms with Gasteiger partial charge in [0.1, 0.15) is 16.2 Å². The van der Waals surface area contributed by atoms with Crippen LogP contribution >= 0.6 is 23.5 Å². The van der Waals surface area contributed by atoms with Crippen LogP contribution in [0, 0.1) is 5.92 Å². The summed E-state index contributed by atoms with van der Waals surface area (Å²) in [5.41, 5.74) is 1.12. The minimum absolute atomic E-state index is 0.0676. The van der Waals surface area contributed by atoms with E-state index in [4.69, 9.17) is 0 Å². The molecule has 1 aromatic carbocycles. The maximum Gasteiger partial charge on any atom is 0.245 e. The summed E-state index contributed by atoms with van der Waals surface area (Å²) in [6.07, 6.45) is 4.79. The number of nitrogens with zero attached hydrogens (tertiary/aromatic N) is 1. The van der Waals surface area contributed by atoms with E-state index in [1.54, 1.807) is 28.4 Å². The lowest BCUT2D eigenvalue weighted by Gasteiger charge is -2.38. The van der Waals surface area contributed by atoms with Crippen LogP contribution in [0.25, 0.3) is 0 Å². The van der Waals surface area contributed by atoms with Crippen molar-refractivity contribution >= 4 is 47.0 Å². The highest BCUT2D eigenvalue weighted by Gasteiger charge is 2.46. The van der Waals surface area contributed by atoms with Crippen LogP contribution in [0.4, 0.5) is 0 Å². The molecule has 2 aliphatic heterocycles. The molecule has 2 fully saturated rings. The minimum atomic E-state index is -0.654. The number of rotatable bonds is 12. The minimum Gasteiger partial charge on any atom is -0.345 e. The van der Waals surface area contributed by atoms with E-state index in [1.807, 2.05) is 39.0 Å². The molecule has 2 saturated heterocycles. The summed E-state index contributed by atoms with van der Waals surface area (Å²) in [6, 6.07) is 8.20. The van der Waals surface area contributed by atoms with Gasteiger partial charge in [-0.3, -0.25) is 19.2 Å². The van der Waals surface area contributed by atoms with E-state index in [-0.39, 0.29) is 29.4 Å². The largest absolute Gasteiger partial charge is 0.345 e.